The Balaban J connectivity index is 3.01. The topological polar surface area (TPSA) is 63.3 Å². The molecular formula is C10H9F4NO2. The van der Waals surface area contributed by atoms with Crippen molar-refractivity contribution in [1.82, 2.24) is 0 Å². The van der Waals surface area contributed by atoms with Crippen LogP contribution in [-0.2, 0) is 17.4 Å². The molecule has 0 spiro atoms. The second-order valence-corrected chi connectivity index (χ2v) is 3.46. The summed E-state index contributed by atoms with van der Waals surface area (Å²) in [6, 6.07) is 0.972. The standard InChI is InChI=1S/C10H9F4NO2/c11-7-2-1-5(4-8(15)9(16)17)3-6(7)10(12,13)14/h1-3,8H,4,15H2,(H,16,17)/t8-/m1/s1. The molecule has 17 heavy (non-hydrogen) atoms. The molecular weight excluding hydrogens is 242 g/mol. The molecule has 0 unspecified atom stereocenters. The molecule has 0 heterocycles. The zero-order valence-corrected chi connectivity index (χ0v) is 8.46. The Morgan fingerprint density at radius 1 is 1.41 bits per heavy atom. The maximum absolute atomic E-state index is 12.9. The van der Waals surface area contributed by atoms with E-state index in [-0.39, 0.29) is 12.0 Å². The Hall–Kier alpha value is -1.63. The fourth-order valence-corrected chi connectivity index (χ4v) is 1.26. The summed E-state index contributed by atoms with van der Waals surface area (Å²) in [4.78, 5) is 10.4. The van der Waals surface area contributed by atoms with Crippen molar-refractivity contribution in [3.63, 3.8) is 0 Å². The van der Waals surface area contributed by atoms with Crippen LogP contribution < -0.4 is 5.73 Å². The molecule has 0 amide bonds. The fraction of sp³-hybridized carbons (Fsp3) is 0.300. The molecule has 0 saturated carbocycles. The predicted molar refractivity (Wildman–Crippen MR) is 50.7 cm³/mol. The van der Waals surface area contributed by atoms with Gasteiger partial charge in [-0.25, -0.2) is 4.39 Å². The van der Waals surface area contributed by atoms with Gasteiger partial charge < -0.3 is 10.8 Å². The van der Waals surface area contributed by atoms with E-state index in [0.717, 1.165) is 6.07 Å². The summed E-state index contributed by atoms with van der Waals surface area (Å²) in [5.41, 5.74) is 3.77. The molecule has 3 nitrogen and oxygen atoms in total. The second-order valence-electron chi connectivity index (χ2n) is 3.46. The van der Waals surface area contributed by atoms with Crippen LogP contribution >= 0.6 is 0 Å². The molecule has 1 aromatic rings. The lowest BCUT2D eigenvalue weighted by atomic mass is 10.0. The number of rotatable bonds is 3. The lowest BCUT2D eigenvalue weighted by Crippen LogP contribution is -2.32. The number of benzene rings is 1. The number of carbonyl (C=O) groups is 1. The summed E-state index contributed by atoms with van der Waals surface area (Å²) in [5.74, 6) is -2.73. The number of carboxylic acid groups (broad SMARTS) is 1. The first-order valence-corrected chi connectivity index (χ1v) is 4.56. The lowest BCUT2D eigenvalue weighted by Gasteiger charge is -2.11. The van der Waals surface area contributed by atoms with E-state index >= 15 is 0 Å². The van der Waals surface area contributed by atoms with Gasteiger partial charge in [0.25, 0.3) is 0 Å². The fourth-order valence-electron chi connectivity index (χ4n) is 1.26. The largest absolute Gasteiger partial charge is 0.480 e. The van der Waals surface area contributed by atoms with Crippen LogP contribution in [0.15, 0.2) is 18.2 Å². The van der Waals surface area contributed by atoms with E-state index in [4.69, 9.17) is 10.8 Å². The van der Waals surface area contributed by atoms with Crippen LogP contribution in [0.3, 0.4) is 0 Å². The Morgan fingerprint density at radius 3 is 2.47 bits per heavy atom. The lowest BCUT2D eigenvalue weighted by molar-refractivity contribution is -0.140. The van der Waals surface area contributed by atoms with Gasteiger partial charge in [0.1, 0.15) is 11.9 Å². The highest BCUT2D eigenvalue weighted by Gasteiger charge is 2.34. The molecule has 94 valence electrons. The summed E-state index contributed by atoms with van der Waals surface area (Å²) in [6.45, 7) is 0. The Bertz CT molecular complexity index is 431. The van der Waals surface area contributed by atoms with Gasteiger partial charge in [-0.2, -0.15) is 13.2 Å². The summed E-state index contributed by atoms with van der Waals surface area (Å²) < 4.78 is 49.9. The molecule has 1 atom stereocenters. The molecule has 0 bridgehead atoms. The zero-order valence-electron chi connectivity index (χ0n) is 8.46. The highest BCUT2D eigenvalue weighted by molar-refractivity contribution is 5.73. The summed E-state index contributed by atoms with van der Waals surface area (Å²) in [5, 5.41) is 8.51. The van der Waals surface area contributed by atoms with E-state index < -0.39 is 29.6 Å². The van der Waals surface area contributed by atoms with Crippen LogP contribution in [0.5, 0.6) is 0 Å². The van der Waals surface area contributed by atoms with Gasteiger partial charge in [-0.15, -0.1) is 0 Å². The van der Waals surface area contributed by atoms with Crippen LogP contribution in [0.4, 0.5) is 17.6 Å². The Labute approximate surface area is 93.8 Å². The predicted octanol–water partition coefficient (Wildman–Crippen LogP) is 1.80. The van der Waals surface area contributed by atoms with Gasteiger partial charge in [0.15, 0.2) is 0 Å². The Morgan fingerprint density at radius 2 is 2.00 bits per heavy atom. The van der Waals surface area contributed by atoms with Gasteiger partial charge >= 0.3 is 12.1 Å². The molecule has 1 aromatic carbocycles. The van der Waals surface area contributed by atoms with Crippen molar-refractivity contribution in [1.29, 1.82) is 0 Å². The monoisotopic (exact) mass is 251 g/mol. The minimum atomic E-state index is -4.81. The Kier molecular flexibility index (Phi) is 3.72. The van der Waals surface area contributed by atoms with Crippen LogP contribution in [-0.4, -0.2) is 17.1 Å². The number of halogens is 4. The SMILES string of the molecule is N[C@H](Cc1ccc(F)c(C(F)(F)F)c1)C(=O)O. The van der Waals surface area contributed by atoms with Crippen molar-refractivity contribution >= 4 is 5.97 Å². The summed E-state index contributed by atoms with van der Waals surface area (Å²) in [6.07, 6.45) is -5.11. The molecule has 0 saturated heterocycles. The van der Waals surface area contributed by atoms with Crippen LogP contribution in [0.25, 0.3) is 0 Å². The molecule has 0 aromatic heterocycles. The third-order valence-electron chi connectivity index (χ3n) is 2.11. The highest BCUT2D eigenvalue weighted by Crippen LogP contribution is 2.32. The average molecular weight is 251 g/mol. The molecule has 0 aliphatic carbocycles. The first-order valence-electron chi connectivity index (χ1n) is 4.56. The zero-order chi connectivity index (χ0) is 13.2. The molecule has 1 rings (SSSR count). The van der Waals surface area contributed by atoms with Gasteiger partial charge in [0.2, 0.25) is 0 Å². The summed E-state index contributed by atoms with van der Waals surface area (Å²) in [7, 11) is 0. The van der Waals surface area contributed by atoms with Crippen molar-refractivity contribution in [2.24, 2.45) is 5.73 Å². The van der Waals surface area contributed by atoms with E-state index in [1.807, 2.05) is 0 Å². The molecule has 3 N–H and O–H groups in total. The smallest absolute Gasteiger partial charge is 0.419 e. The van der Waals surface area contributed by atoms with Crippen molar-refractivity contribution in [3.8, 4) is 0 Å². The van der Waals surface area contributed by atoms with Crippen LogP contribution in [0.1, 0.15) is 11.1 Å². The first kappa shape index (κ1) is 13.4. The maximum Gasteiger partial charge on any atom is 0.419 e. The summed E-state index contributed by atoms with van der Waals surface area (Å²) >= 11 is 0. The molecule has 7 heteroatoms. The molecule has 0 aliphatic rings. The number of carboxylic acids is 1. The number of hydrogen-bond donors (Lipinski definition) is 2. The van der Waals surface area contributed by atoms with Crippen molar-refractivity contribution in [3.05, 3.63) is 35.1 Å². The normalized spacial score (nSPS) is 13.5. The second kappa shape index (κ2) is 4.70. The number of nitrogens with two attached hydrogens (primary N) is 1. The third-order valence-corrected chi connectivity index (χ3v) is 2.11. The first-order chi connectivity index (χ1) is 7.71. The maximum atomic E-state index is 12.9. The van der Waals surface area contributed by atoms with Gasteiger partial charge in [-0.1, -0.05) is 6.07 Å². The van der Waals surface area contributed by atoms with Gasteiger partial charge in [-0.05, 0) is 24.1 Å². The highest BCUT2D eigenvalue weighted by atomic mass is 19.4. The number of hydrogen-bond acceptors (Lipinski definition) is 2. The third kappa shape index (κ3) is 3.42. The molecule has 0 fully saturated rings. The van der Waals surface area contributed by atoms with E-state index in [1.54, 1.807) is 0 Å². The number of aliphatic carboxylic acids is 1. The van der Waals surface area contributed by atoms with Crippen LogP contribution in [0, 0.1) is 5.82 Å². The van der Waals surface area contributed by atoms with Gasteiger partial charge in [-0.3, -0.25) is 4.79 Å². The molecule has 0 radical (unpaired) electrons. The van der Waals surface area contributed by atoms with E-state index in [0.29, 0.717) is 12.1 Å². The van der Waals surface area contributed by atoms with Crippen molar-refractivity contribution in [2.75, 3.05) is 0 Å². The van der Waals surface area contributed by atoms with Crippen LogP contribution in [0.2, 0.25) is 0 Å². The van der Waals surface area contributed by atoms with E-state index in [2.05, 4.69) is 0 Å². The molecule has 0 aliphatic heterocycles. The minimum absolute atomic E-state index is 0.0219. The van der Waals surface area contributed by atoms with Gasteiger partial charge in [0.05, 0.1) is 5.56 Å². The minimum Gasteiger partial charge on any atom is -0.480 e. The van der Waals surface area contributed by atoms with Crippen molar-refractivity contribution < 1.29 is 27.5 Å². The van der Waals surface area contributed by atoms with Gasteiger partial charge in [0, 0.05) is 0 Å². The number of alkyl halides is 3. The van der Waals surface area contributed by atoms with E-state index in [1.165, 1.54) is 0 Å². The van der Waals surface area contributed by atoms with E-state index in [9.17, 15) is 22.4 Å². The quantitative estimate of drug-likeness (QED) is 0.805. The average Bonchev–Trinajstić information content (AvgIpc) is 2.19. The van der Waals surface area contributed by atoms with Crippen molar-refractivity contribution in [2.45, 2.75) is 18.6 Å².